The summed E-state index contributed by atoms with van der Waals surface area (Å²) in [5.74, 6) is 0.642. The molecule has 1 aromatic carbocycles. The molecule has 0 spiro atoms. The van der Waals surface area contributed by atoms with E-state index in [4.69, 9.17) is 4.74 Å². The monoisotopic (exact) mass is 256 g/mol. The van der Waals surface area contributed by atoms with Gasteiger partial charge in [0.05, 0.1) is 7.11 Å². The van der Waals surface area contributed by atoms with Crippen LogP contribution in [0.25, 0.3) is 11.1 Å². The van der Waals surface area contributed by atoms with E-state index in [9.17, 15) is 0 Å². The van der Waals surface area contributed by atoms with Gasteiger partial charge < -0.3 is 10.1 Å². The summed E-state index contributed by atoms with van der Waals surface area (Å²) in [4.78, 5) is 4.12. The summed E-state index contributed by atoms with van der Waals surface area (Å²) >= 11 is 0. The van der Waals surface area contributed by atoms with Crippen molar-refractivity contribution in [2.24, 2.45) is 0 Å². The van der Waals surface area contributed by atoms with Gasteiger partial charge in [-0.3, -0.25) is 0 Å². The Morgan fingerprint density at radius 1 is 1.16 bits per heavy atom. The Balaban J connectivity index is 2.26. The predicted octanol–water partition coefficient (Wildman–Crippen LogP) is 3.43. The van der Waals surface area contributed by atoms with Crippen molar-refractivity contribution in [1.82, 2.24) is 10.3 Å². The second kappa shape index (κ2) is 6.34. The van der Waals surface area contributed by atoms with Crippen LogP contribution >= 0.6 is 0 Å². The first-order valence-electron chi connectivity index (χ1n) is 6.56. The van der Waals surface area contributed by atoms with Gasteiger partial charge in [-0.2, -0.15) is 0 Å². The summed E-state index contributed by atoms with van der Waals surface area (Å²) in [5, 5.41) is 3.32. The van der Waals surface area contributed by atoms with E-state index in [-0.39, 0.29) is 0 Å². The summed E-state index contributed by atoms with van der Waals surface area (Å²) in [6, 6.07) is 13.0. The molecule has 1 aromatic heterocycles. The minimum absolute atomic E-state index is 0.418. The van der Waals surface area contributed by atoms with Crippen LogP contribution in [0.1, 0.15) is 24.9 Å². The number of aromatic nitrogens is 1. The number of hydrogen-bond donors (Lipinski definition) is 1. The molecule has 2 aromatic rings. The van der Waals surface area contributed by atoms with Crippen molar-refractivity contribution in [2.75, 3.05) is 14.2 Å². The second-order valence-corrected chi connectivity index (χ2v) is 4.46. The lowest BCUT2D eigenvalue weighted by molar-refractivity contribution is 0.398. The lowest BCUT2D eigenvalue weighted by atomic mass is 10.0. The number of nitrogens with one attached hydrogen (secondary N) is 1. The number of rotatable bonds is 5. The zero-order valence-corrected chi connectivity index (χ0v) is 11.7. The van der Waals surface area contributed by atoms with Crippen molar-refractivity contribution in [3.63, 3.8) is 0 Å². The van der Waals surface area contributed by atoms with Gasteiger partial charge in [-0.15, -0.1) is 0 Å². The Labute approximate surface area is 114 Å². The molecule has 1 atom stereocenters. The van der Waals surface area contributed by atoms with E-state index in [1.807, 2.05) is 19.2 Å². The van der Waals surface area contributed by atoms with Crippen molar-refractivity contribution in [2.45, 2.75) is 19.4 Å². The Hall–Kier alpha value is -1.87. The topological polar surface area (TPSA) is 34.2 Å². The Kier molecular flexibility index (Phi) is 4.53. The molecule has 0 saturated carbocycles. The maximum absolute atomic E-state index is 5.15. The molecule has 0 aliphatic rings. The van der Waals surface area contributed by atoms with Crippen molar-refractivity contribution in [3.05, 3.63) is 48.2 Å². The van der Waals surface area contributed by atoms with Crippen LogP contribution in [0.4, 0.5) is 0 Å². The van der Waals surface area contributed by atoms with Gasteiger partial charge in [-0.05, 0) is 36.2 Å². The van der Waals surface area contributed by atoms with Crippen LogP contribution in [-0.2, 0) is 0 Å². The Bertz CT molecular complexity index is 519. The molecule has 100 valence electrons. The summed E-state index contributed by atoms with van der Waals surface area (Å²) in [6.45, 7) is 2.18. The molecule has 0 fully saturated rings. The first kappa shape index (κ1) is 13.6. The van der Waals surface area contributed by atoms with Crippen molar-refractivity contribution < 1.29 is 4.74 Å². The molecule has 19 heavy (non-hydrogen) atoms. The fourth-order valence-corrected chi connectivity index (χ4v) is 2.21. The van der Waals surface area contributed by atoms with Crippen LogP contribution in [0.3, 0.4) is 0 Å². The average Bonchev–Trinajstić information content (AvgIpc) is 2.49. The molecule has 0 amide bonds. The second-order valence-electron chi connectivity index (χ2n) is 4.46. The third kappa shape index (κ3) is 3.12. The molecule has 1 unspecified atom stereocenters. The van der Waals surface area contributed by atoms with Gasteiger partial charge >= 0.3 is 0 Å². The van der Waals surface area contributed by atoms with Gasteiger partial charge in [-0.1, -0.05) is 31.2 Å². The standard InChI is InChI=1S/C16H20N2O/c1-4-15(17-2)13-7-5-12(6-8-13)14-9-10-18-16(11-14)19-3/h5-11,15,17H,4H2,1-3H3. The van der Waals surface area contributed by atoms with Gasteiger partial charge in [0.25, 0.3) is 0 Å². The highest BCUT2D eigenvalue weighted by Crippen LogP contribution is 2.24. The fourth-order valence-electron chi connectivity index (χ4n) is 2.21. The molecular weight excluding hydrogens is 236 g/mol. The van der Waals surface area contributed by atoms with E-state index >= 15 is 0 Å². The van der Waals surface area contributed by atoms with Gasteiger partial charge in [0, 0.05) is 18.3 Å². The number of benzene rings is 1. The summed E-state index contributed by atoms with van der Waals surface area (Å²) in [6.07, 6.45) is 2.85. The minimum Gasteiger partial charge on any atom is -0.481 e. The number of pyridine rings is 1. The van der Waals surface area contributed by atoms with E-state index in [0.29, 0.717) is 11.9 Å². The first-order valence-corrected chi connectivity index (χ1v) is 6.56. The third-order valence-electron chi connectivity index (χ3n) is 3.35. The Morgan fingerprint density at radius 3 is 2.47 bits per heavy atom. The zero-order valence-electron chi connectivity index (χ0n) is 11.7. The molecule has 3 heteroatoms. The summed E-state index contributed by atoms with van der Waals surface area (Å²) in [7, 11) is 3.63. The normalized spacial score (nSPS) is 12.2. The van der Waals surface area contributed by atoms with E-state index < -0.39 is 0 Å². The number of hydrogen-bond acceptors (Lipinski definition) is 3. The maximum atomic E-state index is 5.15. The molecule has 2 rings (SSSR count). The Morgan fingerprint density at radius 2 is 1.89 bits per heavy atom. The average molecular weight is 256 g/mol. The number of methoxy groups -OCH3 is 1. The van der Waals surface area contributed by atoms with Gasteiger partial charge in [0.2, 0.25) is 5.88 Å². The molecule has 1 N–H and O–H groups in total. The number of ether oxygens (including phenoxy) is 1. The van der Waals surface area contributed by atoms with Crippen LogP contribution in [0, 0.1) is 0 Å². The van der Waals surface area contributed by atoms with Crippen molar-refractivity contribution in [3.8, 4) is 17.0 Å². The first-order chi connectivity index (χ1) is 9.28. The van der Waals surface area contributed by atoms with Crippen LogP contribution in [-0.4, -0.2) is 19.1 Å². The van der Waals surface area contributed by atoms with E-state index in [1.54, 1.807) is 13.3 Å². The van der Waals surface area contributed by atoms with E-state index in [0.717, 1.165) is 12.0 Å². The van der Waals surface area contributed by atoms with Gasteiger partial charge in [0.1, 0.15) is 0 Å². The van der Waals surface area contributed by atoms with Crippen LogP contribution < -0.4 is 10.1 Å². The van der Waals surface area contributed by atoms with Crippen LogP contribution in [0.5, 0.6) is 5.88 Å². The molecule has 0 bridgehead atoms. The number of nitrogens with zero attached hydrogens (tertiary/aromatic N) is 1. The molecule has 1 heterocycles. The molecular formula is C16H20N2O. The van der Waals surface area contributed by atoms with Gasteiger partial charge in [-0.25, -0.2) is 4.98 Å². The molecule has 3 nitrogen and oxygen atoms in total. The zero-order chi connectivity index (χ0) is 13.7. The highest BCUT2D eigenvalue weighted by atomic mass is 16.5. The van der Waals surface area contributed by atoms with E-state index in [1.165, 1.54) is 11.1 Å². The quantitative estimate of drug-likeness (QED) is 0.890. The van der Waals surface area contributed by atoms with Crippen LogP contribution in [0.2, 0.25) is 0 Å². The lowest BCUT2D eigenvalue weighted by Crippen LogP contribution is -2.14. The maximum Gasteiger partial charge on any atom is 0.213 e. The molecule has 0 aliphatic heterocycles. The largest absolute Gasteiger partial charge is 0.481 e. The van der Waals surface area contributed by atoms with Crippen molar-refractivity contribution in [1.29, 1.82) is 0 Å². The SMILES string of the molecule is CCC(NC)c1ccc(-c2ccnc(OC)c2)cc1. The summed E-state index contributed by atoms with van der Waals surface area (Å²) < 4.78 is 5.15. The molecule has 0 saturated heterocycles. The third-order valence-corrected chi connectivity index (χ3v) is 3.35. The minimum atomic E-state index is 0.418. The lowest BCUT2D eigenvalue weighted by Gasteiger charge is -2.14. The fraction of sp³-hybridized carbons (Fsp3) is 0.312. The molecule has 0 radical (unpaired) electrons. The van der Waals surface area contributed by atoms with Crippen molar-refractivity contribution >= 4 is 0 Å². The highest BCUT2D eigenvalue weighted by Gasteiger charge is 2.06. The van der Waals surface area contributed by atoms with Gasteiger partial charge in [0.15, 0.2) is 0 Å². The highest BCUT2D eigenvalue weighted by molar-refractivity contribution is 5.64. The summed E-state index contributed by atoms with van der Waals surface area (Å²) in [5.41, 5.74) is 3.61. The van der Waals surface area contributed by atoms with Crippen LogP contribution in [0.15, 0.2) is 42.6 Å². The predicted molar refractivity (Wildman–Crippen MR) is 78.3 cm³/mol. The van der Waals surface area contributed by atoms with E-state index in [2.05, 4.69) is 41.5 Å². The smallest absolute Gasteiger partial charge is 0.213 e. The molecule has 0 aliphatic carbocycles.